The highest BCUT2D eigenvalue weighted by molar-refractivity contribution is 7.09. The van der Waals surface area contributed by atoms with Crippen molar-refractivity contribution in [1.82, 2.24) is 15.6 Å². The third-order valence-electron chi connectivity index (χ3n) is 4.00. The molecule has 0 spiro atoms. The molecule has 2 amide bonds. The number of benzene rings is 1. The molecule has 122 valence electrons. The number of carbonyl (C=O) groups is 1. The molecule has 1 aromatic carbocycles. The minimum absolute atomic E-state index is 0.00919. The van der Waals surface area contributed by atoms with Crippen LogP contribution in [0.15, 0.2) is 29.6 Å². The molecule has 5 nitrogen and oxygen atoms in total. The second-order valence-electron chi connectivity index (χ2n) is 6.08. The predicted octanol–water partition coefficient (Wildman–Crippen LogP) is 3.67. The fourth-order valence-electron chi connectivity index (χ4n) is 2.58. The highest BCUT2D eigenvalue weighted by Gasteiger charge is 2.35. The van der Waals surface area contributed by atoms with Crippen LogP contribution in [0.5, 0.6) is 5.75 Å². The predicted molar refractivity (Wildman–Crippen MR) is 90.5 cm³/mol. The van der Waals surface area contributed by atoms with E-state index in [4.69, 9.17) is 0 Å². The van der Waals surface area contributed by atoms with Gasteiger partial charge in [-0.05, 0) is 50.3 Å². The Balaban J connectivity index is 1.63. The van der Waals surface area contributed by atoms with E-state index >= 15 is 0 Å². The number of aryl methyl sites for hydroxylation is 1. The monoisotopic (exact) mass is 331 g/mol. The summed E-state index contributed by atoms with van der Waals surface area (Å²) in [5.41, 5.74) is 1.86. The van der Waals surface area contributed by atoms with Crippen molar-refractivity contribution in [3.8, 4) is 5.75 Å². The number of amides is 2. The molecule has 1 aromatic heterocycles. The van der Waals surface area contributed by atoms with E-state index in [0.29, 0.717) is 5.92 Å². The normalized spacial score (nSPS) is 16.6. The molecule has 1 heterocycles. The van der Waals surface area contributed by atoms with Crippen molar-refractivity contribution >= 4 is 17.4 Å². The van der Waals surface area contributed by atoms with Crippen molar-refractivity contribution in [1.29, 1.82) is 0 Å². The number of aromatic nitrogens is 1. The van der Waals surface area contributed by atoms with Gasteiger partial charge in [0.2, 0.25) is 0 Å². The van der Waals surface area contributed by atoms with E-state index in [2.05, 4.69) is 15.6 Å². The molecule has 1 aliphatic carbocycles. The zero-order chi connectivity index (χ0) is 16.4. The maximum Gasteiger partial charge on any atom is 0.315 e. The van der Waals surface area contributed by atoms with Crippen LogP contribution < -0.4 is 10.6 Å². The number of phenols is 1. The minimum atomic E-state index is -0.203. The number of nitrogens with one attached hydrogen (secondary N) is 2. The van der Waals surface area contributed by atoms with Gasteiger partial charge in [-0.3, -0.25) is 0 Å². The summed E-state index contributed by atoms with van der Waals surface area (Å²) < 4.78 is 0. The maximum atomic E-state index is 12.3. The van der Waals surface area contributed by atoms with Crippen LogP contribution in [-0.2, 0) is 0 Å². The average Bonchev–Trinajstić information content (AvgIpc) is 3.26. The number of carbonyl (C=O) groups excluding carboxylic acids is 1. The highest BCUT2D eigenvalue weighted by atomic mass is 32.1. The SMILES string of the molecule is Cc1csc([C@H](NC(=O)N[C@@H](C)c2cccc(O)c2)C2CC2)n1. The van der Waals surface area contributed by atoms with E-state index in [1.165, 1.54) is 0 Å². The summed E-state index contributed by atoms with van der Waals surface area (Å²) in [6.45, 7) is 3.86. The number of hydrogen-bond acceptors (Lipinski definition) is 4. The summed E-state index contributed by atoms with van der Waals surface area (Å²) in [5.74, 6) is 0.688. The van der Waals surface area contributed by atoms with E-state index in [-0.39, 0.29) is 23.9 Å². The fraction of sp³-hybridized carbons (Fsp3) is 0.412. The van der Waals surface area contributed by atoms with Crippen LogP contribution in [0, 0.1) is 12.8 Å². The van der Waals surface area contributed by atoms with E-state index in [1.54, 1.807) is 29.5 Å². The van der Waals surface area contributed by atoms with Gasteiger partial charge in [0.25, 0.3) is 0 Å². The largest absolute Gasteiger partial charge is 0.508 e. The molecule has 0 radical (unpaired) electrons. The standard InChI is InChI=1S/C17H21N3O2S/c1-10-9-23-16(18-10)15(12-6-7-12)20-17(22)19-11(2)13-4-3-5-14(21)8-13/h3-5,8-9,11-12,15,21H,6-7H2,1-2H3,(H2,19,20,22)/t11-,15+/m0/s1. The Kier molecular flexibility index (Phi) is 4.52. The van der Waals surface area contributed by atoms with Gasteiger partial charge in [0.15, 0.2) is 0 Å². The smallest absolute Gasteiger partial charge is 0.315 e. The van der Waals surface area contributed by atoms with Crippen molar-refractivity contribution in [2.24, 2.45) is 5.92 Å². The Morgan fingerprint density at radius 1 is 1.39 bits per heavy atom. The first-order valence-corrected chi connectivity index (χ1v) is 8.69. The van der Waals surface area contributed by atoms with Gasteiger partial charge >= 0.3 is 6.03 Å². The van der Waals surface area contributed by atoms with E-state index in [1.807, 2.05) is 25.3 Å². The Bertz CT molecular complexity index is 697. The van der Waals surface area contributed by atoms with Crippen LogP contribution in [0.25, 0.3) is 0 Å². The summed E-state index contributed by atoms with van der Waals surface area (Å²) in [4.78, 5) is 16.8. The molecule has 3 rings (SSSR count). The number of aromatic hydroxyl groups is 1. The maximum absolute atomic E-state index is 12.3. The lowest BCUT2D eigenvalue weighted by Crippen LogP contribution is -2.39. The quantitative estimate of drug-likeness (QED) is 0.782. The molecule has 0 saturated heterocycles. The molecule has 1 aliphatic rings. The zero-order valence-corrected chi connectivity index (χ0v) is 14.1. The number of hydrogen-bond donors (Lipinski definition) is 3. The molecule has 0 unspecified atom stereocenters. The Morgan fingerprint density at radius 3 is 2.78 bits per heavy atom. The van der Waals surface area contributed by atoms with Crippen molar-refractivity contribution in [2.75, 3.05) is 0 Å². The van der Waals surface area contributed by atoms with Crippen LogP contribution >= 0.6 is 11.3 Å². The minimum Gasteiger partial charge on any atom is -0.508 e. The van der Waals surface area contributed by atoms with Crippen LogP contribution in [0.4, 0.5) is 4.79 Å². The molecule has 23 heavy (non-hydrogen) atoms. The van der Waals surface area contributed by atoms with E-state index in [9.17, 15) is 9.90 Å². The van der Waals surface area contributed by atoms with Crippen molar-refractivity contribution < 1.29 is 9.90 Å². The van der Waals surface area contributed by atoms with E-state index in [0.717, 1.165) is 29.1 Å². The second-order valence-corrected chi connectivity index (χ2v) is 6.97. The Labute approximate surface area is 139 Å². The molecular weight excluding hydrogens is 310 g/mol. The van der Waals surface area contributed by atoms with Crippen molar-refractivity contribution in [2.45, 2.75) is 38.8 Å². The number of nitrogens with zero attached hydrogens (tertiary/aromatic N) is 1. The first-order valence-electron chi connectivity index (χ1n) is 7.81. The average molecular weight is 331 g/mol. The first kappa shape index (κ1) is 15.8. The zero-order valence-electron chi connectivity index (χ0n) is 13.2. The molecule has 0 bridgehead atoms. The summed E-state index contributed by atoms with van der Waals surface area (Å²) in [5, 5.41) is 18.5. The van der Waals surface area contributed by atoms with Crippen LogP contribution in [0.1, 0.15) is 48.1 Å². The summed E-state index contributed by atoms with van der Waals surface area (Å²) in [6, 6.07) is 6.53. The lowest BCUT2D eigenvalue weighted by Gasteiger charge is -2.20. The fourth-order valence-corrected chi connectivity index (χ4v) is 3.52. The molecular formula is C17H21N3O2S. The van der Waals surface area contributed by atoms with Gasteiger partial charge in [-0.15, -0.1) is 11.3 Å². The molecule has 3 N–H and O–H groups in total. The van der Waals surface area contributed by atoms with Gasteiger partial charge in [-0.2, -0.15) is 0 Å². The molecule has 1 fully saturated rings. The Hall–Kier alpha value is -2.08. The number of thiazole rings is 1. The van der Waals surface area contributed by atoms with Gasteiger partial charge in [0.1, 0.15) is 10.8 Å². The van der Waals surface area contributed by atoms with Crippen LogP contribution in [-0.4, -0.2) is 16.1 Å². The van der Waals surface area contributed by atoms with Crippen molar-refractivity contribution in [3.05, 3.63) is 45.9 Å². The van der Waals surface area contributed by atoms with Gasteiger partial charge in [0.05, 0.1) is 12.1 Å². The molecule has 2 aromatic rings. The van der Waals surface area contributed by atoms with Gasteiger partial charge < -0.3 is 15.7 Å². The van der Waals surface area contributed by atoms with Crippen LogP contribution in [0.2, 0.25) is 0 Å². The topological polar surface area (TPSA) is 74.2 Å². The Morgan fingerprint density at radius 2 is 2.17 bits per heavy atom. The van der Waals surface area contributed by atoms with Gasteiger partial charge in [-0.25, -0.2) is 9.78 Å². The molecule has 1 saturated carbocycles. The summed E-state index contributed by atoms with van der Waals surface area (Å²) in [6.07, 6.45) is 2.26. The third-order valence-corrected chi connectivity index (χ3v) is 5.05. The van der Waals surface area contributed by atoms with Crippen molar-refractivity contribution in [3.63, 3.8) is 0 Å². The number of urea groups is 1. The molecule has 6 heteroatoms. The van der Waals surface area contributed by atoms with E-state index < -0.39 is 0 Å². The van der Waals surface area contributed by atoms with Gasteiger partial charge in [0, 0.05) is 11.1 Å². The first-order chi connectivity index (χ1) is 11.0. The molecule has 2 atom stereocenters. The third kappa shape index (κ3) is 4.01. The van der Waals surface area contributed by atoms with Gasteiger partial charge in [-0.1, -0.05) is 12.1 Å². The van der Waals surface area contributed by atoms with Crippen LogP contribution in [0.3, 0.4) is 0 Å². The highest BCUT2D eigenvalue weighted by Crippen LogP contribution is 2.41. The summed E-state index contributed by atoms with van der Waals surface area (Å²) >= 11 is 1.60. The molecule has 0 aliphatic heterocycles. The second kappa shape index (κ2) is 6.58. The lowest BCUT2D eigenvalue weighted by molar-refractivity contribution is 0.232. The lowest BCUT2D eigenvalue weighted by atomic mass is 10.1. The number of rotatable bonds is 5. The summed E-state index contributed by atoms with van der Waals surface area (Å²) in [7, 11) is 0. The number of phenolic OH excluding ortho intramolecular Hbond substituents is 1.